The zero-order chi connectivity index (χ0) is 14.2. The van der Waals surface area contributed by atoms with Gasteiger partial charge >= 0.3 is 5.69 Å². The van der Waals surface area contributed by atoms with E-state index in [0.29, 0.717) is 3.97 Å². The Balaban J connectivity index is 2.67. The van der Waals surface area contributed by atoms with Crippen LogP contribution in [0.15, 0.2) is 44.6 Å². The lowest BCUT2D eigenvalue weighted by molar-refractivity contribution is 0.584. The van der Waals surface area contributed by atoms with E-state index in [1.807, 2.05) is 6.92 Å². The number of benzene rings is 1. The minimum absolute atomic E-state index is 0.0127. The topological polar surface area (TPSA) is 95.1 Å². The number of nitrogen functional groups attached to an aromatic ring is 1. The van der Waals surface area contributed by atoms with Crippen LogP contribution in [-0.4, -0.2) is 17.4 Å². The van der Waals surface area contributed by atoms with E-state index in [0.717, 1.165) is 11.8 Å². The molecule has 0 bridgehead atoms. The Bertz CT molecular complexity index is 782. The van der Waals surface area contributed by atoms with Crippen LogP contribution >= 0.6 is 15.9 Å². The van der Waals surface area contributed by atoms with E-state index in [1.165, 1.54) is 12.1 Å². The predicted molar refractivity (Wildman–Crippen MR) is 74.4 cm³/mol. The molecule has 0 radical (unpaired) electrons. The Morgan fingerprint density at radius 1 is 1.26 bits per heavy atom. The van der Waals surface area contributed by atoms with Crippen LogP contribution in [0.3, 0.4) is 0 Å². The number of aryl methyl sites for hydroxylation is 1. The van der Waals surface area contributed by atoms with Crippen molar-refractivity contribution in [1.82, 2.24) is 8.96 Å². The summed E-state index contributed by atoms with van der Waals surface area (Å²) in [6, 6.07) is 6.16. The Labute approximate surface area is 118 Å². The fourth-order valence-electron chi connectivity index (χ4n) is 1.43. The highest BCUT2D eigenvalue weighted by Crippen LogP contribution is 2.17. The molecule has 100 valence electrons. The number of aromatic nitrogens is 2. The SMILES string of the molecule is Cc1ccc(S(=O)(=O)n2cc(Br)c(N)nc2=O)cc1. The largest absolute Gasteiger partial charge is 0.383 e. The third kappa shape index (κ3) is 2.54. The summed E-state index contributed by atoms with van der Waals surface area (Å²) in [4.78, 5) is 15.1. The Morgan fingerprint density at radius 2 is 1.84 bits per heavy atom. The maximum absolute atomic E-state index is 12.3. The van der Waals surface area contributed by atoms with Crippen LogP contribution in [0.4, 0.5) is 5.82 Å². The summed E-state index contributed by atoms with van der Waals surface area (Å²) in [6.45, 7) is 1.84. The maximum atomic E-state index is 12.3. The number of anilines is 1. The lowest BCUT2D eigenvalue weighted by atomic mass is 10.2. The molecule has 19 heavy (non-hydrogen) atoms. The van der Waals surface area contributed by atoms with Crippen LogP contribution in [0.25, 0.3) is 0 Å². The van der Waals surface area contributed by atoms with Crippen molar-refractivity contribution < 1.29 is 8.42 Å². The van der Waals surface area contributed by atoms with Gasteiger partial charge in [-0.1, -0.05) is 17.7 Å². The van der Waals surface area contributed by atoms with E-state index in [2.05, 4.69) is 20.9 Å². The highest BCUT2D eigenvalue weighted by molar-refractivity contribution is 9.10. The molecule has 0 saturated carbocycles. The first-order valence-corrected chi connectivity index (χ1v) is 7.42. The van der Waals surface area contributed by atoms with Gasteiger partial charge in [0.25, 0.3) is 10.0 Å². The van der Waals surface area contributed by atoms with Crippen molar-refractivity contribution in [1.29, 1.82) is 0 Å². The van der Waals surface area contributed by atoms with Crippen molar-refractivity contribution in [2.45, 2.75) is 11.8 Å². The highest BCUT2D eigenvalue weighted by Gasteiger charge is 2.19. The lowest BCUT2D eigenvalue weighted by Gasteiger charge is -2.08. The van der Waals surface area contributed by atoms with Crippen LogP contribution in [0, 0.1) is 6.92 Å². The summed E-state index contributed by atoms with van der Waals surface area (Å²) < 4.78 is 25.4. The number of halogens is 1. The zero-order valence-corrected chi connectivity index (χ0v) is 12.3. The van der Waals surface area contributed by atoms with E-state index in [4.69, 9.17) is 5.73 Å². The maximum Gasteiger partial charge on any atom is 0.363 e. The second-order valence-corrected chi connectivity index (χ2v) is 6.54. The van der Waals surface area contributed by atoms with Gasteiger partial charge in [0.15, 0.2) is 0 Å². The molecule has 0 saturated heterocycles. The molecule has 0 aliphatic rings. The standard InChI is InChI=1S/C11H10BrN3O3S/c1-7-2-4-8(5-3-7)19(17,18)15-6-9(12)10(13)14-11(15)16/h2-6H,1H3,(H2,13,14,16). The highest BCUT2D eigenvalue weighted by atomic mass is 79.9. The third-order valence-electron chi connectivity index (χ3n) is 2.46. The number of hydrogen-bond donors (Lipinski definition) is 1. The molecular weight excluding hydrogens is 334 g/mol. The van der Waals surface area contributed by atoms with Crippen molar-refractivity contribution in [2.75, 3.05) is 5.73 Å². The van der Waals surface area contributed by atoms with Crippen LogP contribution < -0.4 is 11.4 Å². The summed E-state index contributed by atoms with van der Waals surface area (Å²) >= 11 is 3.05. The molecule has 6 nitrogen and oxygen atoms in total. The quantitative estimate of drug-likeness (QED) is 0.881. The molecule has 0 atom stereocenters. The van der Waals surface area contributed by atoms with Crippen molar-refractivity contribution in [2.24, 2.45) is 0 Å². The molecule has 0 aliphatic heterocycles. The second-order valence-electron chi connectivity index (χ2n) is 3.87. The molecule has 2 N–H and O–H groups in total. The molecule has 2 aromatic rings. The van der Waals surface area contributed by atoms with Gasteiger partial charge < -0.3 is 5.73 Å². The fraction of sp³-hybridized carbons (Fsp3) is 0.0909. The summed E-state index contributed by atoms with van der Waals surface area (Å²) in [6.07, 6.45) is 1.10. The van der Waals surface area contributed by atoms with Gasteiger partial charge in [0.2, 0.25) is 0 Å². The van der Waals surface area contributed by atoms with Crippen LogP contribution in [0.1, 0.15) is 5.56 Å². The Morgan fingerprint density at radius 3 is 2.42 bits per heavy atom. The molecular formula is C11H10BrN3O3S. The van der Waals surface area contributed by atoms with Gasteiger partial charge in [-0.25, -0.2) is 13.2 Å². The Kier molecular flexibility index (Phi) is 3.46. The van der Waals surface area contributed by atoms with Gasteiger partial charge in [-0.15, -0.1) is 0 Å². The zero-order valence-electron chi connectivity index (χ0n) is 9.87. The number of nitrogens with zero attached hydrogens (tertiary/aromatic N) is 2. The van der Waals surface area contributed by atoms with Gasteiger partial charge in [-0.2, -0.15) is 8.96 Å². The summed E-state index contributed by atoms with van der Waals surface area (Å²) in [5.41, 5.74) is 5.40. The first kappa shape index (κ1) is 13.8. The van der Waals surface area contributed by atoms with Gasteiger partial charge in [-0.3, -0.25) is 0 Å². The average Bonchev–Trinajstić information content (AvgIpc) is 2.34. The van der Waals surface area contributed by atoms with Crippen molar-refractivity contribution in [3.63, 3.8) is 0 Å². The minimum atomic E-state index is -3.97. The van der Waals surface area contributed by atoms with E-state index in [1.54, 1.807) is 12.1 Å². The minimum Gasteiger partial charge on any atom is -0.383 e. The third-order valence-corrected chi connectivity index (χ3v) is 4.72. The van der Waals surface area contributed by atoms with Crippen molar-refractivity contribution in [3.05, 3.63) is 51.0 Å². The van der Waals surface area contributed by atoms with Crippen LogP contribution in [0.5, 0.6) is 0 Å². The summed E-state index contributed by atoms with van der Waals surface area (Å²) in [5.74, 6) is -0.0552. The molecule has 0 aliphatic carbocycles. The molecule has 2 rings (SSSR count). The molecule has 0 spiro atoms. The first-order chi connectivity index (χ1) is 8.82. The van der Waals surface area contributed by atoms with E-state index >= 15 is 0 Å². The molecule has 0 amide bonds. The van der Waals surface area contributed by atoms with Gasteiger partial charge in [-0.05, 0) is 35.0 Å². The summed E-state index contributed by atoms with van der Waals surface area (Å²) in [5, 5.41) is 0. The van der Waals surface area contributed by atoms with Crippen LogP contribution in [0.2, 0.25) is 0 Å². The molecule has 8 heteroatoms. The predicted octanol–water partition coefficient (Wildman–Crippen LogP) is 1.13. The molecule has 0 unspecified atom stereocenters. The number of nitrogens with two attached hydrogens (primary N) is 1. The fourth-order valence-corrected chi connectivity index (χ4v) is 3.05. The van der Waals surface area contributed by atoms with E-state index < -0.39 is 15.7 Å². The average molecular weight is 344 g/mol. The first-order valence-electron chi connectivity index (χ1n) is 5.19. The van der Waals surface area contributed by atoms with Crippen LogP contribution in [-0.2, 0) is 10.0 Å². The van der Waals surface area contributed by atoms with E-state index in [9.17, 15) is 13.2 Å². The molecule has 0 fully saturated rings. The number of hydrogen-bond acceptors (Lipinski definition) is 5. The monoisotopic (exact) mass is 343 g/mol. The second kappa shape index (κ2) is 4.78. The Hall–Kier alpha value is -1.67. The van der Waals surface area contributed by atoms with Gasteiger partial charge in [0, 0.05) is 6.20 Å². The molecule has 1 aromatic carbocycles. The lowest BCUT2D eigenvalue weighted by Crippen LogP contribution is -2.29. The summed E-state index contributed by atoms with van der Waals surface area (Å²) in [7, 11) is -3.97. The molecule has 1 heterocycles. The van der Waals surface area contributed by atoms with Gasteiger partial charge in [0.1, 0.15) is 5.82 Å². The smallest absolute Gasteiger partial charge is 0.363 e. The van der Waals surface area contributed by atoms with Crippen molar-refractivity contribution >= 4 is 31.8 Å². The normalized spacial score (nSPS) is 11.5. The van der Waals surface area contributed by atoms with E-state index in [-0.39, 0.29) is 15.2 Å². The number of rotatable bonds is 2. The molecule has 1 aromatic heterocycles. The van der Waals surface area contributed by atoms with Crippen molar-refractivity contribution in [3.8, 4) is 0 Å². The van der Waals surface area contributed by atoms with Gasteiger partial charge in [0.05, 0.1) is 9.37 Å².